The largest absolute Gasteiger partial charge is 0.480 e. The molecule has 0 spiro atoms. The second-order valence-electron chi connectivity index (χ2n) is 3.54. The summed E-state index contributed by atoms with van der Waals surface area (Å²) in [7, 11) is 0. The highest BCUT2D eigenvalue weighted by atomic mass is 32.2. The van der Waals surface area contributed by atoms with Crippen molar-refractivity contribution in [3.63, 3.8) is 0 Å². The maximum Gasteiger partial charge on any atom is 0.328 e. The van der Waals surface area contributed by atoms with Crippen LogP contribution in [0.2, 0.25) is 0 Å². The standard InChI is InChI=1S/C10H13N3O3S/c1-17-9-4-8(11-6-12-9)13-2-3-16-5-7(13)10(14)15/h4,6-7H,2-3,5H2,1H3,(H,14,15). The van der Waals surface area contributed by atoms with Crippen LogP contribution in [0.15, 0.2) is 17.4 Å². The van der Waals surface area contributed by atoms with Gasteiger partial charge < -0.3 is 14.7 Å². The summed E-state index contributed by atoms with van der Waals surface area (Å²) in [4.78, 5) is 21.1. The van der Waals surface area contributed by atoms with E-state index in [-0.39, 0.29) is 6.61 Å². The first-order valence-corrected chi connectivity index (χ1v) is 6.38. The van der Waals surface area contributed by atoms with Gasteiger partial charge in [-0.25, -0.2) is 14.8 Å². The number of carboxylic acid groups (broad SMARTS) is 1. The van der Waals surface area contributed by atoms with Crippen LogP contribution < -0.4 is 4.90 Å². The molecule has 1 fully saturated rings. The van der Waals surface area contributed by atoms with Crippen LogP contribution in [0.5, 0.6) is 0 Å². The highest BCUT2D eigenvalue weighted by molar-refractivity contribution is 7.98. The smallest absolute Gasteiger partial charge is 0.328 e. The van der Waals surface area contributed by atoms with Gasteiger partial charge in [-0.15, -0.1) is 11.8 Å². The van der Waals surface area contributed by atoms with E-state index in [0.29, 0.717) is 19.0 Å². The molecule has 0 aliphatic carbocycles. The Bertz CT molecular complexity index is 416. The Kier molecular flexibility index (Phi) is 3.80. The third-order valence-electron chi connectivity index (χ3n) is 2.54. The fourth-order valence-electron chi connectivity index (χ4n) is 1.68. The Balaban J connectivity index is 2.26. The van der Waals surface area contributed by atoms with Gasteiger partial charge in [-0.2, -0.15) is 0 Å². The minimum Gasteiger partial charge on any atom is -0.480 e. The van der Waals surface area contributed by atoms with Crippen molar-refractivity contribution in [1.29, 1.82) is 0 Å². The molecule has 17 heavy (non-hydrogen) atoms. The van der Waals surface area contributed by atoms with E-state index in [9.17, 15) is 4.79 Å². The van der Waals surface area contributed by atoms with Gasteiger partial charge in [0.05, 0.1) is 13.2 Å². The fraction of sp³-hybridized carbons (Fsp3) is 0.500. The molecule has 92 valence electrons. The Hall–Kier alpha value is -1.34. The number of morpholine rings is 1. The number of anilines is 1. The van der Waals surface area contributed by atoms with Gasteiger partial charge in [0.2, 0.25) is 0 Å². The second kappa shape index (κ2) is 5.33. The molecule has 2 rings (SSSR count). The van der Waals surface area contributed by atoms with E-state index in [4.69, 9.17) is 9.84 Å². The molecule has 1 saturated heterocycles. The number of hydrogen-bond acceptors (Lipinski definition) is 6. The zero-order valence-corrected chi connectivity index (χ0v) is 10.2. The van der Waals surface area contributed by atoms with Crippen molar-refractivity contribution in [3.05, 3.63) is 12.4 Å². The van der Waals surface area contributed by atoms with Crippen LogP contribution in [0.4, 0.5) is 5.82 Å². The molecule has 7 heteroatoms. The average molecular weight is 255 g/mol. The van der Waals surface area contributed by atoms with E-state index in [2.05, 4.69) is 9.97 Å². The van der Waals surface area contributed by atoms with Crippen molar-refractivity contribution in [2.24, 2.45) is 0 Å². The summed E-state index contributed by atoms with van der Waals surface area (Å²) < 4.78 is 5.18. The lowest BCUT2D eigenvalue weighted by Crippen LogP contribution is -2.50. The summed E-state index contributed by atoms with van der Waals surface area (Å²) in [6.07, 6.45) is 3.37. The fourth-order valence-corrected chi connectivity index (χ4v) is 2.06. The number of carbonyl (C=O) groups is 1. The molecule has 1 aromatic rings. The van der Waals surface area contributed by atoms with E-state index >= 15 is 0 Å². The maximum atomic E-state index is 11.1. The van der Waals surface area contributed by atoms with Crippen LogP contribution in [0.3, 0.4) is 0 Å². The Morgan fingerprint density at radius 2 is 2.47 bits per heavy atom. The van der Waals surface area contributed by atoms with Gasteiger partial charge in [-0.05, 0) is 6.26 Å². The molecule has 0 bridgehead atoms. The zero-order valence-electron chi connectivity index (χ0n) is 9.37. The van der Waals surface area contributed by atoms with Crippen LogP contribution >= 0.6 is 11.8 Å². The molecule has 1 atom stereocenters. The zero-order chi connectivity index (χ0) is 12.3. The van der Waals surface area contributed by atoms with Gasteiger partial charge >= 0.3 is 5.97 Å². The predicted octanol–water partition coefficient (Wildman–Crippen LogP) is 0.488. The number of hydrogen-bond donors (Lipinski definition) is 1. The molecule has 1 aliphatic heterocycles. The summed E-state index contributed by atoms with van der Waals surface area (Å²) in [5, 5.41) is 9.95. The van der Waals surface area contributed by atoms with Crippen molar-refractivity contribution in [1.82, 2.24) is 9.97 Å². The number of rotatable bonds is 3. The molecular weight excluding hydrogens is 242 g/mol. The highest BCUT2D eigenvalue weighted by Crippen LogP contribution is 2.21. The summed E-state index contributed by atoms with van der Waals surface area (Å²) in [6, 6.07) is 1.12. The lowest BCUT2D eigenvalue weighted by molar-refractivity contribution is -0.141. The first-order valence-electron chi connectivity index (χ1n) is 5.15. The van der Waals surface area contributed by atoms with Gasteiger partial charge in [-0.3, -0.25) is 0 Å². The third kappa shape index (κ3) is 2.67. The quantitative estimate of drug-likeness (QED) is 0.622. The molecule has 0 saturated carbocycles. The molecular formula is C10H13N3O3S. The van der Waals surface area contributed by atoms with Gasteiger partial charge in [0.1, 0.15) is 17.2 Å². The molecule has 1 aromatic heterocycles. The lowest BCUT2D eigenvalue weighted by atomic mass is 10.2. The summed E-state index contributed by atoms with van der Waals surface area (Å²) in [5.41, 5.74) is 0. The van der Waals surface area contributed by atoms with Crippen molar-refractivity contribution in [2.45, 2.75) is 11.1 Å². The molecule has 0 aromatic carbocycles. The predicted molar refractivity (Wildman–Crippen MR) is 63.4 cm³/mol. The van der Waals surface area contributed by atoms with E-state index < -0.39 is 12.0 Å². The van der Waals surface area contributed by atoms with Crippen LogP contribution in [0.1, 0.15) is 0 Å². The van der Waals surface area contributed by atoms with Crippen LogP contribution in [-0.4, -0.2) is 53.1 Å². The average Bonchev–Trinajstić information content (AvgIpc) is 2.39. The van der Waals surface area contributed by atoms with E-state index in [1.807, 2.05) is 6.26 Å². The first-order chi connectivity index (χ1) is 8.22. The summed E-state index contributed by atoms with van der Waals surface area (Å²) in [6.45, 7) is 1.23. The van der Waals surface area contributed by atoms with Crippen LogP contribution in [0.25, 0.3) is 0 Å². The first kappa shape index (κ1) is 12.1. The number of ether oxygens (including phenoxy) is 1. The Morgan fingerprint density at radius 3 is 3.18 bits per heavy atom. The second-order valence-corrected chi connectivity index (χ2v) is 4.37. The minimum atomic E-state index is -0.894. The topological polar surface area (TPSA) is 75.5 Å². The minimum absolute atomic E-state index is 0.188. The summed E-state index contributed by atoms with van der Waals surface area (Å²) >= 11 is 1.50. The number of aromatic nitrogens is 2. The summed E-state index contributed by atoms with van der Waals surface area (Å²) in [5.74, 6) is -0.255. The molecule has 0 radical (unpaired) electrons. The van der Waals surface area contributed by atoms with Crippen LogP contribution in [-0.2, 0) is 9.53 Å². The van der Waals surface area contributed by atoms with Gasteiger partial charge in [0.25, 0.3) is 0 Å². The number of carboxylic acids is 1. The van der Waals surface area contributed by atoms with Gasteiger partial charge in [0.15, 0.2) is 6.04 Å². The van der Waals surface area contributed by atoms with Crippen LogP contribution in [0, 0.1) is 0 Å². The molecule has 1 unspecified atom stereocenters. The number of thioether (sulfide) groups is 1. The lowest BCUT2D eigenvalue weighted by Gasteiger charge is -2.33. The van der Waals surface area contributed by atoms with E-state index in [1.165, 1.54) is 18.1 Å². The van der Waals surface area contributed by atoms with Crippen molar-refractivity contribution in [3.8, 4) is 0 Å². The molecule has 1 aliphatic rings. The molecule has 2 heterocycles. The number of aliphatic carboxylic acids is 1. The Labute approximate surface area is 103 Å². The van der Waals surface area contributed by atoms with Crippen molar-refractivity contribution in [2.75, 3.05) is 30.9 Å². The maximum absolute atomic E-state index is 11.1. The highest BCUT2D eigenvalue weighted by Gasteiger charge is 2.30. The SMILES string of the molecule is CSc1cc(N2CCOCC2C(=O)O)ncn1. The normalized spacial score (nSPS) is 20.3. The van der Waals surface area contributed by atoms with E-state index in [1.54, 1.807) is 11.0 Å². The molecule has 6 nitrogen and oxygen atoms in total. The number of nitrogens with zero attached hydrogens (tertiary/aromatic N) is 3. The monoisotopic (exact) mass is 255 g/mol. The van der Waals surface area contributed by atoms with E-state index in [0.717, 1.165) is 5.03 Å². The molecule has 1 N–H and O–H groups in total. The molecule has 0 amide bonds. The third-order valence-corrected chi connectivity index (χ3v) is 3.19. The Morgan fingerprint density at radius 1 is 1.65 bits per heavy atom. The van der Waals surface area contributed by atoms with Crippen molar-refractivity contribution >= 4 is 23.5 Å². The van der Waals surface area contributed by atoms with Gasteiger partial charge in [0, 0.05) is 12.6 Å². The van der Waals surface area contributed by atoms with Crippen molar-refractivity contribution < 1.29 is 14.6 Å². The van der Waals surface area contributed by atoms with Gasteiger partial charge in [-0.1, -0.05) is 0 Å².